The number of halogens is 1. The van der Waals surface area contributed by atoms with E-state index in [1.54, 1.807) is 12.3 Å². The highest BCUT2D eigenvalue weighted by molar-refractivity contribution is 9.10. The molecule has 1 amide bonds. The number of anilines is 1. The van der Waals surface area contributed by atoms with Crippen LogP contribution in [0.5, 0.6) is 0 Å². The zero-order chi connectivity index (χ0) is 11.6. The SMILES string of the molecule is CC1(C(=O)Nc2ccc(Br)cn2)CCCC1. The summed E-state index contributed by atoms with van der Waals surface area (Å²) in [7, 11) is 0. The fraction of sp³-hybridized carbons (Fsp3) is 0.500. The zero-order valence-corrected chi connectivity index (χ0v) is 10.9. The molecule has 1 heterocycles. The highest BCUT2D eigenvalue weighted by atomic mass is 79.9. The van der Waals surface area contributed by atoms with Crippen molar-refractivity contribution in [1.29, 1.82) is 0 Å². The van der Waals surface area contributed by atoms with E-state index >= 15 is 0 Å². The average molecular weight is 283 g/mol. The first-order valence-corrected chi connectivity index (χ1v) is 6.32. The minimum Gasteiger partial charge on any atom is -0.310 e. The van der Waals surface area contributed by atoms with Gasteiger partial charge in [0.05, 0.1) is 0 Å². The lowest BCUT2D eigenvalue weighted by Gasteiger charge is -2.21. The Balaban J connectivity index is 2.04. The number of hydrogen-bond acceptors (Lipinski definition) is 2. The topological polar surface area (TPSA) is 42.0 Å². The molecule has 16 heavy (non-hydrogen) atoms. The van der Waals surface area contributed by atoms with Gasteiger partial charge in [-0.3, -0.25) is 4.79 Å². The third-order valence-corrected chi connectivity index (χ3v) is 3.69. The van der Waals surface area contributed by atoms with Crippen LogP contribution in [0.15, 0.2) is 22.8 Å². The first kappa shape index (κ1) is 11.6. The molecule has 0 spiro atoms. The van der Waals surface area contributed by atoms with Crippen molar-refractivity contribution in [2.75, 3.05) is 5.32 Å². The van der Waals surface area contributed by atoms with Gasteiger partial charge in [-0.25, -0.2) is 4.98 Å². The summed E-state index contributed by atoms with van der Waals surface area (Å²) in [6.07, 6.45) is 5.95. The van der Waals surface area contributed by atoms with Crippen molar-refractivity contribution < 1.29 is 4.79 Å². The van der Waals surface area contributed by atoms with Crippen LogP contribution in [0, 0.1) is 5.41 Å². The van der Waals surface area contributed by atoms with Gasteiger partial charge in [0.1, 0.15) is 5.82 Å². The van der Waals surface area contributed by atoms with E-state index in [4.69, 9.17) is 0 Å². The Hall–Kier alpha value is -0.900. The molecule has 2 rings (SSSR count). The number of nitrogens with one attached hydrogen (secondary N) is 1. The predicted molar refractivity (Wildman–Crippen MR) is 67.1 cm³/mol. The number of rotatable bonds is 2. The van der Waals surface area contributed by atoms with Crippen molar-refractivity contribution in [3.63, 3.8) is 0 Å². The van der Waals surface area contributed by atoms with Crippen LogP contribution in [0.4, 0.5) is 5.82 Å². The summed E-state index contributed by atoms with van der Waals surface area (Å²) in [6, 6.07) is 3.68. The van der Waals surface area contributed by atoms with E-state index in [-0.39, 0.29) is 11.3 Å². The van der Waals surface area contributed by atoms with Gasteiger partial charge in [0, 0.05) is 16.1 Å². The van der Waals surface area contributed by atoms with Crippen LogP contribution in [0.1, 0.15) is 32.6 Å². The zero-order valence-electron chi connectivity index (χ0n) is 9.29. The van der Waals surface area contributed by atoms with Gasteiger partial charge in [-0.15, -0.1) is 0 Å². The molecule has 1 aromatic heterocycles. The summed E-state index contributed by atoms with van der Waals surface area (Å²) < 4.78 is 0.914. The molecule has 0 bridgehead atoms. The van der Waals surface area contributed by atoms with E-state index in [0.29, 0.717) is 5.82 Å². The van der Waals surface area contributed by atoms with Gasteiger partial charge in [-0.2, -0.15) is 0 Å². The maximum Gasteiger partial charge on any atom is 0.231 e. The number of hydrogen-bond donors (Lipinski definition) is 1. The number of pyridine rings is 1. The molecule has 0 saturated heterocycles. The van der Waals surface area contributed by atoms with Crippen molar-refractivity contribution in [3.05, 3.63) is 22.8 Å². The molecule has 0 atom stereocenters. The lowest BCUT2D eigenvalue weighted by atomic mass is 9.88. The second kappa shape index (κ2) is 4.53. The van der Waals surface area contributed by atoms with Crippen molar-refractivity contribution in [2.45, 2.75) is 32.6 Å². The van der Waals surface area contributed by atoms with E-state index < -0.39 is 0 Å². The Kier molecular flexibility index (Phi) is 3.28. The van der Waals surface area contributed by atoms with E-state index in [2.05, 4.69) is 26.2 Å². The van der Waals surface area contributed by atoms with Gasteiger partial charge in [0.25, 0.3) is 0 Å². The van der Waals surface area contributed by atoms with Crippen LogP contribution >= 0.6 is 15.9 Å². The van der Waals surface area contributed by atoms with Crippen LogP contribution in [0.3, 0.4) is 0 Å². The van der Waals surface area contributed by atoms with E-state index in [0.717, 1.165) is 30.2 Å². The Morgan fingerprint density at radius 1 is 1.44 bits per heavy atom. The third kappa shape index (κ3) is 2.43. The van der Waals surface area contributed by atoms with Crippen LogP contribution in [0.2, 0.25) is 0 Å². The smallest absolute Gasteiger partial charge is 0.231 e. The lowest BCUT2D eigenvalue weighted by molar-refractivity contribution is -0.124. The molecule has 86 valence electrons. The standard InChI is InChI=1S/C12H15BrN2O/c1-12(6-2-3-7-12)11(16)15-10-5-4-9(13)8-14-10/h4-5,8H,2-3,6-7H2,1H3,(H,14,15,16). The molecule has 1 saturated carbocycles. The third-order valence-electron chi connectivity index (χ3n) is 3.22. The summed E-state index contributed by atoms with van der Waals surface area (Å²) in [5.74, 6) is 0.723. The average Bonchev–Trinajstić information content (AvgIpc) is 2.70. The van der Waals surface area contributed by atoms with Crippen LogP contribution < -0.4 is 5.32 Å². The van der Waals surface area contributed by atoms with Gasteiger partial charge >= 0.3 is 0 Å². The number of amides is 1. The molecule has 0 radical (unpaired) electrons. The van der Waals surface area contributed by atoms with Gasteiger partial charge in [0.15, 0.2) is 0 Å². The van der Waals surface area contributed by atoms with E-state index in [1.807, 2.05) is 13.0 Å². The Morgan fingerprint density at radius 2 is 2.12 bits per heavy atom. The molecule has 1 aliphatic carbocycles. The molecular weight excluding hydrogens is 268 g/mol. The Bertz CT molecular complexity index is 383. The summed E-state index contributed by atoms with van der Waals surface area (Å²) in [6.45, 7) is 2.04. The highest BCUT2D eigenvalue weighted by Gasteiger charge is 2.36. The highest BCUT2D eigenvalue weighted by Crippen LogP contribution is 2.38. The maximum atomic E-state index is 12.1. The van der Waals surface area contributed by atoms with E-state index in [1.165, 1.54) is 0 Å². The number of aromatic nitrogens is 1. The number of carbonyl (C=O) groups is 1. The molecule has 0 aliphatic heterocycles. The first-order chi connectivity index (χ1) is 7.60. The maximum absolute atomic E-state index is 12.1. The van der Waals surface area contributed by atoms with Gasteiger partial charge < -0.3 is 5.32 Å². The van der Waals surface area contributed by atoms with E-state index in [9.17, 15) is 4.79 Å². The second-order valence-electron chi connectivity index (χ2n) is 4.58. The molecule has 1 aromatic rings. The van der Waals surface area contributed by atoms with Crippen LogP contribution in [0.25, 0.3) is 0 Å². The normalized spacial score (nSPS) is 18.4. The Morgan fingerprint density at radius 3 is 2.69 bits per heavy atom. The monoisotopic (exact) mass is 282 g/mol. The van der Waals surface area contributed by atoms with Gasteiger partial charge in [-0.1, -0.05) is 19.8 Å². The summed E-state index contributed by atoms with van der Waals surface area (Å²) in [5, 5.41) is 2.88. The molecule has 1 aliphatic rings. The minimum atomic E-state index is -0.200. The predicted octanol–water partition coefficient (Wildman–Crippen LogP) is 3.36. The fourth-order valence-corrected chi connectivity index (χ4v) is 2.33. The molecular formula is C12H15BrN2O. The van der Waals surface area contributed by atoms with Gasteiger partial charge in [-0.05, 0) is 40.9 Å². The second-order valence-corrected chi connectivity index (χ2v) is 5.50. The molecule has 4 heteroatoms. The molecule has 1 N–H and O–H groups in total. The van der Waals surface area contributed by atoms with Crippen molar-refractivity contribution in [1.82, 2.24) is 4.98 Å². The first-order valence-electron chi connectivity index (χ1n) is 5.53. The molecule has 3 nitrogen and oxygen atoms in total. The lowest BCUT2D eigenvalue weighted by Crippen LogP contribution is -2.31. The molecule has 0 aromatic carbocycles. The van der Waals surface area contributed by atoms with Crippen molar-refractivity contribution in [3.8, 4) is 0 Å². The summed E-state index contributed by atoms with van der Waals surface area (Å²) >= 11 is 3.31. The summed E-state index contributed by atoms with van der Waals surface area (Å²) in [5.41, 5.74) is -0.200. The molecule has 0 unspecified atom stereocenters. The van der Waals surface area contributed by atoms with Crippen LogP contribution in [-0.4, -0.2) is 10.9 Å². The quantitative estimate of drug-likeness (QED) is 0.904. The van der Waals surface area contributed by atoms with Crippen LogP contribution in [-0.2, 0) is 4.79 Å². The fourth-order valence-electron chi connectivity index (χ4n) is 2.10. The number of carbonyl (C=O) groups excluding carboxylic acids is 1. The van der Waals surface area contributed by atoms with Crippen molar-refractivity contribution in [2.24, 2.45) is 5.41 Å². The minimum absolute atomic E-state index is 0.0971. The Labute approximate surface area is 104 Å². The van der Waals surface area contributed by atoms with Crippen molar-refractivity contribution >= 4 is 27.7 Å². The largest absolute Gasteiger partial charge is 0.310 e. The van der Waals surface area contributed by atoms with Gasteiger partial charge in [0.2, 0.25) is 5.91 Å². The summed E-state index contributed by atoms with van der Waals surface area (Å²) in [4.78, 5) is 16.2. The number of nitrogens with zero attached hydrogens (tertiary/aromatic N) is 1. The molecule has 1 fully saturated rings.